The molecule has 0 radical (unpaired) electrons. The predicted molar refractivity (Wildman–Crippen MR) is 212 cm³/mol. The second-order valence-corrected chi connectivity index (χ2v) is 16.1. The van der Waals surface area contributed by atoms with E-state index < -0.39 is 36.2 Å². The molecule has 59 heavy (non-hydrogen) atoms. The molecule has 12 nitrogen and oxygen atoms in total. The second-order valence-electron chi connectivity index (χ2n) is 14.7. The average molecular weight is 855 g/mol. The molecule has 6 aromatic rings. The van der Waals surface area contributed by atoms with Crippen molar-refractivity contribution in [1.29, 1.82) is 0 Å². The van der Waals surface area contributed by atoms with Gasteiger partial charge in [0.1, 0.15) is 48.2 Å². The summed E-state index contributed by atoms with van der Waals surface area (Å²) >= 11 is 8.18. The molecule has 1 aliphatic carbocycles. The standard InChI is InChI=1S/C41H39ClF4N6O6S/c1-24-26(7-8-29(34(24)42)55-20-19-51-17-15-50(2)16-18-51)32-33-37(47-23-48-38(33)59-35(32)30-9-10-31(43)57-30)58-36(39(53)54)40(12-13-40)27-5-3-4-6-28(27)56-21-25-11-14-49-52(25)22-41(44,45)46/h3-11,14,23,36H,12-13,15-22H2,1-2H3,(H,53,54). The van der Waals surface area contributed by atoms with Crippen molar-refractivity contribution >= 4 is 39.1 Å². The van der Waals surface area contributed by atoms with E-state index in [0.29, 0.717) is 73.3 Å². The third-order valence-corrected chi connectivity index (χ3v) is 12.4. The van der Waals surface area contributed by atoms with Crippen molar-refractivity contribution in [2.75, 3.05) is 46.4 Å². The molecule has 4 aromatic heterocycles. The first-order valence-electron chi connectivity index (χ1n) is 18.9. The van der Waals surface area contributed by atoms with E-state index in [9.17, 15) is 27.5 Å². The van der Waals surface area contributed by atoms with Crippen molar-refractivity contribution in [3.05, 3.63) is 95.0 Å². The average Bonchev–Trinajstić information content (AvgIpc) is 3.46. The van der Waals surface area contributed by atoms with Gasteiger partial charge in [0.2, 0.25) is 12.0 Å². The number of likely N-dealkylation sites (N-methyl/N-ethyl adjacent to an activating group) is 1. The van der Waals surface area contributed by atoms with Gasteiger partial charge in [-0.25, -0.2) is 14.8 Å². The van der Waals surface area contributed by atoms with E-state index >= 15 is 0 Å². The van der Waals surface area contributed by atoms with E-state index in [-0.39, 0.29) is 23.9 Å². The number of aliphatic carboxylic acids is 1. The van der Waals surface area contributed by atoms with Gasteiger partial charge in [-0.2, -0.15) is 22.7 Å². The number of furan rings is 1. The molecule has 1 aliphatic heterocycles. The highest BCUT2D eigenvalue weighted by atomic mass is 35.5. The minimum Gasteiger partial charge on any atom is -0.491 e. The zero-order valence-electron chi connectivity index (χ0n) is 32.0. The number of carboxylic acids is 1. The maximum absolute atomic E-state index is 14.4. The molecule has 8 rings (SSSR count). The summed E-state index contributed by atoms with van der Waals surface area (Å²) in [4.78, 5) is 27.7. The molecule has 0 spiro atoms. The van der Waals surface area contributed by atoms with Crippen LogP contribution >= 0.6 is 22.9 Å². The first kappa shape index (κ1) is 40.5. The summed E-state index contributed by atoms with van der Waals surface area (Å²) < 4.78 is 78.9. The Labute approximate surface area is 344 Å². The van der Waals surface area contributed by atoms with Gasteiger partial charge < -0.3 is 28.6 Å². The third kappa shape index (κ3) is 8.46. The smallest absolute Gasteiger partial charge is 0.408 e. The Hall–Kier alpha value is -5.23. The van der Waals surface area contributed by atoms with Crippen LogP contribution in [0.1, 0.15) is 29.7 Å². The van der Waals surface area contributed by atoms with Gasteiger partial charge in [0.15, 0.2) is 0 Å². The van der Waals surface area contributed by atoms with Crippen LogP contribution in [0.3, 0.4) is 0 Å². The molecule has 5 heterocycles. The number of hydrogen-bond acceptors (Lipinski definition) is 11. The van der Waals surface area contributed by atoms with Crippen molar-refractivity contribution in [2.45, 2.75) is 50.6 Å². The summed E-state index contributed by atoms with van der Waals surface area (Å²) in [5.74, 6) is -0.301. The minimum atomic E-state index is -4.49. The van der Waals surface area contributed by atoms with E-state index in [4.69, 9.17) is 30.2 Å². The number of carbonyl (C=O) groups is 1. The van der Waals surface area contributed by atoms with E-state index in [1.54, 1.807) is 30.3 Å². The Bertz CT molecular complexity index is 2480. The molecule has 18 heteroatoms. The molecule has 0 bridgehead atoms. The number of piperazine rings is 1. The lowest BCUT2D eigenvalue weighted by Gasteiger charge is -2.32. The molecule has 2 aliphatic rings. The first-order chi connectivity index (χ1) is 28.3. The molecular weight excluding hydrogens is 816 g/mol. The van der Waals surface area contributed by atoms with Crippen LogP contribution in [0.5, 0.6) is 17.4 Å². The van der Waals surface area contributed by atoms with Gasteiger partial charge in [0.05, 0.1) is 21.0 Å². The third-order valence-electron chi connectivity index (χ3n) is 10.8. The number of thiophene rings is 1. The number of nitrogens with zero attached hydrogens (tertiary/aromatic N) is 6. The van der Waals surface area contributed by atoms with Gasteiger partial charge in [0.25, 0.3) is 6.01 Å². The molecule has 1 atom stereocenters. The van der Waals surface area contributed by atoms with Crippen molar-refractivity contribution in [2.24, 2.45) is 0 Å². The molecule has 310 valence electrons. The quantitative estimate of drug-likeness (QED) is 0.100. The Morgan fingerprint density at radius 1 is 1.03 bits per heavy atom. The molecule has 2 fully saturated rings. The highest BCUT2D eigenvalue weighted by Crippen LogP contribution is 2.56. The van der Waals surface area contributed by atoms with Gasteiger partial charge in [-0.1, -0.05) is 35.9 Å². The van der Waals surface area contributed by atoms with Crippen LogP contribution in [0.25, 0.3) is 32.0 Å². The Kier molecular flexibility index (Phi) is 11.3. The number of fused-ring (bicyclic) bond motifs is 1. The van der Waals surface area contributed by atoms with E-state index in [0.717, 1.165) is 37.4 Å². The van der Waals surface area contributed by atoms with E-state index in [1.165, 1.54) is 42.1 Å². The van der Waals surface area contributed by atoms with Crippen LogP contribution in [0.4, 0.5) is 17.6 Å². The second kappa shape index (κ2) is 16.4. The van der Waals surface area contributed by atoms with Crippen molar-refractivity contribution < 1.29 is 46.1 Å². The Morgan fingerprint density at radius 3 is 2.53 bits per heavy atom. The van der Waals surface area contributed by atoms with Gasteiger partial charge in [-0.05, 0) is 62.2 Å². The molecule has 1 saturated carbocycles. The SMILES string of the molecule is Cc1c(-c2c(-c3ccc(F)o3)sc3ncnc(OC(C(=O)O)C4(c5ccccc5OCc5ccnn5CC(F)(F)F)CC4)c23)ccc(OCCN2CCN(C)CC2)c1Cl. The maximum atomic E-state index is 14.4. The lowest BCUT2D eigenvalue weighted by Crippen LogP contribution is -2.45. The summed E-state index contributed by atoms with van der Waals surface area (Å²) in [5, 5.41) is 15.3. The molecule has 2 aromatic carbocycles. The number of carboxylic acid groups (broad SMARTS) is 1. The van der Waals surface area contributed by atoms with Crippen molar-refractivity contribution in [3.8, 4) is 39.1 Å². The number of halogens is 5. The fourth-order valence-corrected chi connectivity index (χ4v) is 8.86. The number of aromatic nitrogens is 4. The maximum Gasteiger partial charge on any atom is 0.408 e. The molecule has 1 unspecified atom stereocenters. The monoisotopic (exact) mass is 854 g/mol. The number of rotatable bonds is 15. The van der Waals surface area contributed by atoms with Gasteiger partial charge >= 0.3 is 12.1 Å². The Balaban J connectivity index is 1.13. The fourth-order valence-electron chi connectivity index (χ4n) is 7.53. The zero-order chi connectivity index (χ0) is 41.5. The summed E-state index contributed by atoms with van der Waals surface area (Å²) in [5.41, 5.74) is 1.39. The number of hydrogen-bond donors (Lipinski definition) is 1. The fraction of sp³-hybridized carbons (Fsp3) is 0.366. The van der Waals surface area contributed by atoms with Crippen LogP contribution in [0.15, 0.2) is 71.5 Å². The number of alkyl halides is 3. The lowest BCUT2D eigenvalue weighted by molar-refractivity contribution is -0.147. The summed E-state index contributed by atoms with van der Waals surface area (Å²) in [6.07, 6.45) is -2.64. The van der Waals surface area contributed by atoms with Crippen LogP contribution in [0, 0.1) is 12.9 Å². The van der Waals surface area contributed by atoms with Crippen LogP contribution in [-0.4, -0.2) is 99.3 Å². The summed E-state index contributed by atoms with van der Waals surface area (Å²) in [7, 11) is 2.10. The molecule has 1 saturated heterocycles. The van der Waals surface area contributed by atoms with E-state index in [1.807, 2.05) is 13.0 Å². The highest BCUT2D eigenvalue weighted by molar-refractivity contribution is 7.22. The van der Waals surface area contributed by atoms with Crippen molar-refractivity contribution in [1.82, 2.24) is 29.5 Å². The lowest BCUT2D eigenvalue weighted by atomic mass is 9.89. The van der Waals surface area contributed by atoms with Crippen LogP contribution < -0.4 is 14.2 Å². The summed E-state index contributed by atoms with van der Waals surface area (Å²) in [6.45, 7) is 5.35. The minimum absolute atomic E-state index is 0.0318. The summed E-state index contributed by atoms with van der Waals surface area (Å²) in [6, 6.07) is 13.7. The number of ether oxygens (including phenoxy) is 3. The van der Waals surface area contributed by atoms with Crippen LogP contribution in [-0.2, 0) is 23.4 Å². The first-order valence-corrected chi connectivity index (χ1v) is 20.1. The zero-order valence-corrected chi connectivity index (χ0v) is 33.5. The molecule has 1 N–H and O–H groups in total. The largest absolute Gasteiger partial charge is 0.491 e. The highest BCUT2D eigenvalue weighted by Gasteiger charge is 2.57. The van der Waals surface area contributed by atoms with Crippen molar-refractivity contribution in [3.63, 3.8) is 0 Å². The van der Waals surface area contributed by atoms with Crippen LogP contribution in [0.2, 0.25) is 5.02 Å². The van der Waals surface area contributed by atoms with Gasteiger partial charge in [0, 0.05) is 61.5 Å². The van der Waals surface area contributed by atoms with Gasteiger partial charge in [-0.3, -0.25) is 9.58 Å². The molecule has 0 amide bonds. The Morgan fingerprint density at radius 2 is 1.81 bits per heavy atom. The van der Waals surface area contributed by atoms with Gasteiger partial charge in [-0.15, -0.1) is 11.3 Å². The molecular formula is C41H39ClF4N6O6S. The topological polar surface area (TPSA) is 128 Å². The number of benzene rings is 2. The van der Waals surface area contributed by atoms with E-state index in [2.05, 4.69) is 31.9 Å². The normalized spacial score (nSPS) is 16.3. The number of para-hydroxylation sites is 1. The predicted octanol–water partition coefficient (Wildman–Crippen LogP) is 8.25.